The second-order valence-electron chi connectivity index (χ2n) is 15.1. The van der Waals surface area contributed by atoms with Crippen LogP contribution in [0.1, 0.15) is 75.1 Å². The molecule has 12 nitrogen and oxygen atoms in total. The average Bonchev–Trinajstić information content (AvgIpc) is 3.49. The summed E-state index contributed by atoms with van der Waals surface area (Å²) in [4.78, 5) is 72.0. The first kappa shape index (κ1) is 34.7. The average molecular weight is 678 g/mol. The Bertz CT molecular complexity index is 1660. The fraction of sp³-hybridized carbons (Fsp3) is 0.568. The fourth-order valence-electron chi connectivity index (χ4n) is 9.77. The lowest BCUT2D eigenvalue weighted by atomic mass is 9.55. The minimum absolute atomic E-state index is 0.109. The van der Waals surface area contributed by atoms with Gasteiger partial charge in [-0.15, -0.1) is 0 Å². The molecule has 0 bridgehead atoms. The van der Waals surface area contributed by atoms with E-state index in [0.717, 1.165) is 0 Å². The van der Waals surface area contributed by atoms with Gasteiger partial charge in [0.1, 0.15) is 36.1 Å². The maximum atomic E-state index is 14.8. The number of carbonyl (C=O) groups excluding carboxylic acids is 5. The van der Waals surface area contributed by atoms with E-state index >= 15 is 0 Å². The van der Waals surface area contributed by atoms with Gasteiger partial charge < -0.3 is 29.2 Å². The summed E-state index contributed by atoms with van der Waals surface area (Å²) >= 11 is 0. The number of rotatable bonds is 7. The van der Waals surface area contributed by atoms with E-state index in [0.29, 0.717) is 0 Å². The molecule has 49 heavy (non-hydrogen) atoms. The van der Waals surface area contributed by atoms with Gasteiger partial charge in [-0.05, 0) is 67.2 Å². The van der Waals surface area contributed by atoms with Crippen molar-refractivity contribution in [3.8, 4) is 0 Å². The molecule has 0 spiro atoms. The Morgan fingerprint density at radius 3 is 2.14 bits per heavy atom. The van der Waals surface area contributed by atoms with E-state index in [1.807, 2.05) is 13.8 Å². The van der Waals surface area contributed by atoms with Gasteiger partial charge in [-0.2, -0.15) is 0 Å². The van der Waals surface area contributed by atoms with Gasteiger partial charge >= 0.3 is 23.9 Å². The van der Waals surface area contributed by atoms with Crippen LogP contribution in [-0.2, 0) is 33.3 Å². The Morgan fingerprint density at radius 1 is 0.878 bits per heavy atom. The number of hydrogen-bond acceptors (Lipinski definition) is 12. The Morgan fingerprint density at radius 2 is 1.53 bits per heavy atom. The third-order valence-corrected chi connectivity index (χ3v) is 11.8. The van der Waals surface area contributed by atoms with Gasteiger partial charge in [0, 0.05) is 32.2 Å². The monoisotopic (exact) mass is 677 g/mol. The molecule has 11 atom stereocenters. The molecule has 0 amide bonds. The normalized spacial score (nSPS) is 38.5. The zero-order chi connectivity index (χ0) is 35.7. The number of benzene rings is 1. The van der Waals surface area contributed by atoms with Crippen molar-refractivity contribution in [2.24, 2.45) is 40.4 Å². The molecule has 1 aromatic carbocycles. The number of ether oxygens (including phenoxy) is 4. The molecule has 1 heterocycles. The van der Waals surface area contributed by atoms with E-state index in [1.54, 1.807) is 31.2 Å². The van der Waals surface area contributed by atoms with Crippen molar-refractivity contribution >= 4 is 29.7 Å². The number of hydrogen-bond donors (Lipinski definition) is 2. The molecule has 4 aliphatic carbocycles. The summed E-state index contributed by atoms with van der Waals surface area (Å²) in [5.41, 5.74) is -6.75. The van der Waals surface area contributed by atoms with Gasteiger partial charge in [-0.1, -0.05) is 39.0 Å². The first-order valence-electron chi connectivity index (χ1n) is 16.6. The number of Topliss-reactive ketones (excluding diaryl/α,β-unsaturated/α-hetero) is 1. The Kier molecular flexibility index (Phi) is 8.51. The second kappa shape index (κ2) is 12.0. The molecule has 4 aliphatic rings. The van der Waals surface area contributed by atoms with E-state index in [2.05, 4.69) is 4.98 Å². The van der Waals surface area contributed by atoms with Crippen molar-refractivity contribution in [1.82, 2.24) is 4.98 Å². The molecule has 0 aliphatic heterocycles. The number of nitrogens with zero attached hydrogens (tertiary/aromatic N) is 1. The number of fused-ring (bicyclic) bond motifs is 4. The summed E-state index contributed by atoms with van der Waals surface area (Å²) in [5, 5.41) is 25.2. The van der Waals surface area contributed by atoms with Crippen molar-refractivity contribution in [2.75, 3.05) is 6.61 Å². The molecular weight excluding hydrogens is 634 g/mol. The highest BCUT2D eigenvalue weighted by molar-refractivity contribution is 5.96. The number of aromatic nitrogens is 1. The molecule has 4 fully saturated rings. The van der Waals surface area contributed by atoms with Crippen LogP contribution in [0.2, 0.25) is 0 Å². The topological polar surface area (TPSA) is 176 Å². The van der Waals surface area contributed by atoms with Gasteiger partial charge in [-0.25, -0.2) is 9.59 Å². The van der Waals surface area contributed by atoms with Crippen LogP contribution in [0.3, 0.4) is 0 Å². The van der Waals surface area contributed by atoms with Gasteiger partial charge in [0.15, 0.2) is 5.78 Å². The number of ketones is 1. The molecule has 2 N–H and O–H groups in total. The van der Waals surface area contributed by atoms with Crippen molar-refractivity contribution in [3.05, 3.63) is 66.0 Å². The van der Waals surface area contributed by atoms with E-state index < -0.39 is 100 Å². The van der Waals surface area contributed by atoms with Crippen LogP contribution in [0.15, 0.2) is 54.9 Å². The lowest BCUT2D eigenvalue weighted by Crippen LogP contribution is -2.65. The number of aliphatic hydroxyl groups is 2. The number of carbonyl (C=O) groups is 5. The quantitative estimate of drug-likeness (QED) is 0.324. The first-order valence-corrected chi connectivity index (χ1v) is 16.6. The highest BCUT2D eigenvalue weighted by Crippen LogP contribution is 2.75. The summed E-state index contributed by atoms with van der Waals surface area (Å²) < 4.78 is 24.4. The summed E-state index contributed by atoms with van der Waals surface area (Å²) in [7, 11) is 0. The molecule has 0 saturated heterocycles. The van der Waals surface area contributed by atoms with Crippen LogP contribution < -0.4 is 0 Å². The van der Waals surface area contributed by atoms with E-state index in [4.69, 9.17) is 18.9 Å². The third-order valence-electron chi connectivity index (χ3n) is 11.8. The predicted molar refractivity (Wildman–Crippen MR) is 170 cm³/mol. The summed E-state index contributed by atoms with van der Waals surface area (Å²) in [6, 6.07) is 11.1. The summed E-state index contributed by atoms with van der Waals surface area (Å²) in [6.07, 6.45) is -1.13. The predicted octanol–water partition coefficient (Wildman–Crippen LogP) is 3.33. The molecular formula is C37H43NO11. The fourth-order valence-corrected chi connectivity index (χ4v) is 9.77. The maximum absolute atomic E-state index is 14.8. The van der Waals surface area contributed by atoms with Crippen molar-refractivity contribution in [2.45, 2.75) is 83.9 Å². The Balaban J connectivity index is 1.64. The van der Waals surface area contributed by atoms with Gasteiger partial charge in [-0.3, -0.25) is 19.4 Å². The largest absolute Gasteiger partial charge is 0.462 e. The van der Waals surface area contributed by atoms with E-state index in [9.17, 15) is 34.2 Å². The maximum Gasteiger partial charge on any atom is 0.339 e. The zero-order valence-electron chi connectivity index (χ0n) is 28.5. The van der Waals surface area contributed by atoms with Crippen LogP contribution in [-0.4, -0.2) is 81.0 Å². The van der Waals surface area contributed by atoms with Crippen LogP contribution >= 0.6 is 0 Å². The minimum Gasteiger partial charge on any atom is -0.462 e. The number of esters is 4. The molecule has 0 radical (unpaired) electrons. The smallest absolute Gasteiger partial charge is 0.339 e. The van der Waals surface area contributed by atoms with E-state index in [1.165, 1.54) is 51.4 Å². The molecule has 4 saturated carbocycles. The molecule has 1 aromatic heterocycles. The van der Waals surface area contributed by atoms with Crippen molar-refractivity contribution in [3.63, 3.8) is 0 Å². The van der Waals surface area contributed by atoms with Crippen LogP contribution in [0.4, 0.5) is 0 Å². The lowest BCUT2D eigenvalue weighted by Gasteiger charge is -2.54. The first-order chi connectivity index (χ1) is 23.0. The third kappa shape index (κ3) is 5.43. The minimum atomic E-state index is -2.36. The van der Waals surface area contributed by atoms with Crippen LogP contribution in [0.5, 0.6) is 0 Å². The Labute approximate surface area is 284 Å². The lowest BCUT2D eigenvalue weighted by molar-refractivity contribution is -0.223. The molecule has 262 valence electrons. The van der Waals surface area contributed by atoms with Crippen molar-refractivity contribution in [1.29, 1.82) is 0 Å². The number of pyridine rings is 1. The summed E-state index contributed by atoms with van der Waals surface area (Å²) in [5.74, 6) is -7.76. The summed E-state index contributed by atoms with van der Waals surface area (Å²) in [6.45, 7) is 8.77. The molecule has 2 aromatic rings. The van der Waals surface area contributed by atoms with E-state index in [-0.39, 0.29) is 29.9 Å². The Hall–Kier alpha value is -4.16. The SMILES string of the molecule is CC(=O)O[C@@H]1[C@@H]2[C@@H](OC(=O)c3ccccc3)C3(COC(=O)c4cccnc4)[C@@H]([C@@H]4[C@H](C[C@H]3OC(C)=O)C4(C)C)[C@](C)(O)C(=O)[C@@]2(O)C[C@@H]1C. The van der Waals surface area contributed by atoms with Gasteiger partial charge in [0.05, 0.1) is 22.5 Å². The van der Waals surface area contributed by atoms with Gasteiger partial charge in [0.2, 0.25) is 0 Å². The standard InChI is InChI=1S/C37H43NO11/c1-19-16-37(45)27(28(19)48-21(3)40)30(49-32(42)22-11-8-7-9-12-22)36(18-46-31(41)23-13-10-14-38-17-23)25(47-20(2)39)15-24-26(34(24,4)5)29(36)35(6,44)33(37)43/h7-14,17,19,24-30,44-45H,15-16,18H2,1-6H3/t19-,24-,25+,26-,27+,28-,29-,30+,35-,36?,37+/m0/s1. The molecule has 12 heteroatoms. The zero-order valence-corrected chi connectivity index (χ0v) is 28.5. The van der Waals surface area contributed by atoms with Crippen LogP contribution in [0, 0.1) is 40.4 Å². The van der Waals surface area contributed by atoms with Crippen molar-refractivity contribution < 1.29 is 53.1 Å². The van der Waals surface area contributed by atoms with Gasteiger partial charge in [0.25, 0.3) is 0 Å². The highest BCUT2D eigenvalue weighted by atomic mass is 16.6. The molecule has 1 unspecified atom stereocenters. The second-order valence-corrected chi connectivity index (χ2v) is 15.1. The highest BCUT2D eigenvalue weighted by Gasteiger charge is 2.83. The molecule has 6 rings (SSSR count). The van der Waals surface area contributed by atoms with Crippen LogP contribution in [0.25, 0.3) is 0 Å².